The normalized spacial score (nSPS) is 10.6. The van der Waals surface area contributed by atoms with Gasteiger partial charge in [-0.1, -0.05) is 48.4 Å². The second-order valence-electron chi connectivity index (χ2n) is 6.08. The van der Waals surface area contributed by atoms with Crippen LogP contribution in [0.3, 0.4) is 0 Å². The summed E-state index contributed by atoms with van der Waals surface area (Å²) in [6, 6.07) is 11.9. The minimum atomic E-state index is -0.411. The largest absolute Gasteiger partial charge is 0.462 e. The third-order valence-corrected chi connectivity index (χ3v) is 5.39. The Morgan fingerprint density at radius 3 is 2.79 bits per heavy atom. The highest BCUT2D eigenvalue weighted by atomic mass is 35.5. The van der Waals surface area contributed by atoms with Gasteiger partial charge < -0.3 is 10.1 Å². The predicted octanol–water partition coefficient (Wildman–Crippen LogP) is 5.03. The van der Waals surface area contributed by atoms with Gasteiger partial charge in [0.2, 0.25) is 0 Å². The lowest BCUT2D eigenvalue weighted by Crippen LogP contribution is -2.34. The zero-order chi connectivity index (χ0) is 20.8. The molecule has 3 aromatic rings. The number of ether oxygens (including phenoxy) is 1. The first-order valence-corrected chi connectivity index (χ1v) is 10.5. The number of aromatic nitrogens is 1. The summed E-state index contributed by atoms with van der Waals surface area (Å²) in [6.07, 6.45) is 1.79. The lowest BCUT2D eigenvalue weighted by molar-refractivity contribution is 0.0500. The molecule has 9 heteroatoms. The van der Waals surface area contributed by atoms with Gasteiger partial charge in [0.15, 0.2) is 10.2 Å². The van der Waals surface area contributed by atoms with E-state index < -0.39 is 5.91 Å². The number of thiocarbonyl (C=S) groups is 1. The first-order chi connectivity index (χ1) is 14.0. The number of esters is 1. The highest BCUT2D eigenvalue weighted by Crippen LogP contribution is 2.27. The molecule has 0 bridgehead atoms. The zero-order valence-corrected chi connectivity index (χ0v) is 17.9. The summed E-state index contributed by atoms with van der Waals surface area (Å²) in [5, 5.41) is 6.41. The maximum atomic E-state index is 12.3. The summed E-state index contributed by atoms with van der Waals surface area (Å²) in [6.45, 7) is 2.44. The summed E-state index contributed by atoms with van der Waals surface area (Å²) >= 11 is 12.5. The van der Waals surface area contributed by atoms with E-state index in [2.05, 4.69) is 15.6 Å². The number of nitrogens with zero attached hydrogens (tertiary/aromatic N) is 1. The first-order valence-electron chi connectivity index (χ1n) is 8.92. The van der Waals surface area contributed by atoms with Gasteiger partial charge in [-0.15, -0.1) is 0 Å². The molecule has 6 nitrogen and oxygen atoms in total. The number of fused-ring (bicyclic) bond motifs is 1. The predicted molar refractivity (Wildman–Crippen MR) is 120 cm³/mol. The zero-order valence-electron chi connectivity index (χ0n) is 15.5. The maximum absolute atomic E-state index is 12.3. The maximum Gasteiger partial charge on any atom is 0.338 e. The van der Waals surface area contributed by atoms with Gasteiger partial charge in [-0.25, -0.2) is 9.78 Å². The van der Waals surface area contributed by atoms with Gasteiger partial charge in [-0.05, 0) is 49.0 Å². The number of benzene rings is 2. The number of carbonyl (C=O) groups excluding carboxylic acids is 2. The van der Waals surface area contributed by atoms with Crippen molar-refractivity contribution in [3.05, 3.63) is 58.6 Å². The highest BCUT2D eigenvalue weighted by Gasteiger charge is 2.14. The Morgan fingerprint density at radius 2 is 2.03 bits per heavy atom. The van der Waals surface area contributed by atoms with Gasteiger partial charge in [0, 0.05) is 0 Å². The lowest BCUT2D eigenvalue weighted by Gasteiger charge is -2.08. The van der Waals surface area contributed by atoms with Crippen LogP contribution >= 0.6 is 35.2 Å². The van der Waals surface area contributed by atoms with Crippen molar-refractivity contribution >= 4 is 67.5 Å². The van der Waals surface area contributed by atoms with Gasteiger partial charge in [-0.3, -0.25) is 10.1 Å². The average Bonchev–Trinajstić information content (AvgIpc) is 3.09. The smallest absolute Gasteiger partial charge is 0.338 e. The van der Waals surface area contributed by atoms with Crippen LogP contribution in [-0.2, 0) is 4.74 Å². The number of hydrogen-bond donors (Lipinski definition) is 2. The van der Waals surface area contributed by atoms with Crippen LogP contribution in [0, 0.1) is 0 Å². The Hall–Kier alpha value is -2.55. The van der Waals surface area contributed by atoms with Crippen molar-refractivity contribution in [1.29, 1.82) is 0 Å². The highest BCUT2D eigenvalue weighted by molar-refractivity contribution is 7.80. The summed E-state index contributed by atoms with van der Waals surface area (Å²) in [4.78, 5) is 28.8. The van der Waals surface area contributed by atoms with Gasteiger partial charge in [0.25, 0.3) is 5.91 Å². The molecule has 2 N–H and O–H groups in total. The fourth-order valence-corrected chi connectivity index (χ4v) is 3.83. The molecule has 0 aliphatic carbocycles. The number of anilines is 1. The Balaban J connectivity index is 1.66. The monoisotopic (exact) mass is 447 g/mol. The van der Waals surface area contributed by atoms with Crippen molar-refractivity contribution in [2.75, 3.05) is 11.9 Å². The summed E-state index contributed by atoms with van der Waals surface area (Å²) in [5.41, 5.74) is 1.51. The van der Waals surface area contributed by atoms with E-state index in [-0.39, 0.29) is 11.1 Å². The molecule has 2 aromatic carbocycles. The number of carbonyl (C=O) groups is 2. The molecule has 0 unspecified atom stereocenters. The molecule has 29 heavy (non-hydrogen) atoms. The van der Waals surface area contributed by atoms with Crippen LogP contribution in [0.2, 0.25) is 5.02 Å². The van der Waals surface area contributed by atoms with Crippen LogP contribution in [0.25, 0.3) is 10.2 Å². The molecule has 0 saturated heterocycles. The van der Waals surface area contributed by atoms with Crippen LogP contribution in [0.1, 0.15) is 40.5 Å². The lowest BCUT2D eigenvalue weighted by atomic mass is 10.2. The van der Waals surface area contributed by atoms with Crippen LogP contribution in [-0.4, -0.2) is 28.6 Å². The number of thiazole rings is 1. The quantitative estimate of drug-likeness (QED) is 0.313. The van der Waals surface area contributed by atoms with E-state index in [0.717, 1.165) is 17.5 Å². The second kappa shape index (κ2) is 9.78. The van der Waals surface area contributed by atoms with Crippen molar-refractivity contribution in [2.45, 2.75) is 19.8 Å². The van der Waals surface area contributed by atoms with E-state index in [1.807, 2.05) is 6.92 Å². The number of hydrogen-bond acceptors (Lipinski definition) is 6. The van der Waals surface area contributed by atoms with Gasteiger partial charge in [0.1, 0.15) is 0 Å². The number of rotatable bonds is 6. The second-order valence-corrected chi connectivity index (χ2v) is 7.93. The minimum Gasteiger partial charge on any atom is -0.462 e. The topological polar surface area (TPSA) is 80.3 Å². The molecule has 0 atom stereocenters. The molecule has 0 aliphatic rings. The molecule has 1 amide bonds. The molecule has 1 aromatic heterocycles. The van der Waals surface area contributed by atoms with Crippen LogP contribution in [0.15, 0.2) is 42.5 Å². The van der Waals surface area contributed by atoms with Gasteiger partial charge >= 0.3 is 5.97 Å². The third kappa shape index (κ3) is 5.50. The summed E-state index contributed by atoms with van der Waals surface area (Å²) in [5.74, 6) is -0.767. The molecule has 0 saturated carbocycles. The Bertz CT molecular complexity index is 1070. The molecule has 0 fully saturated rings. The van der Waals surface area contributed by atoms with E-state index in [0.29, 0.717) is 33.4 Å². The van der Waals surface area contributed by atoms with Gasteiger partial charge in [0.05, 0.1) is 33.0 Å². The van der Waals surface area contributed by atoms with Crippen LogP contribution < -0.4 is 10.6 Å². The van der Waals surface area contributed by atoms with E-state index in [1.54, 1.807) is 42.5 Å². The van der Waals surface area contributed by atoms with E-state index in [9.17, 15) is 9.59 Å². The van der Waals surface area contributed by atoms with Crippen molar-refractivity contribution in [3.63, 3.8) is 0 Å². The van der Waals surface area contributed by atoms with Crippen LogP contribution in [0.4, 0.5) is 5.13 Å². The minimum absolute atomic E-state index is 0.105. The molecule has 0 aliphatic heterocycles. The standard InChI is InChI=1S/C20H18ClN3O3S2/c1-2-3-10-27-18(26)12-8-9-15-16(11-12)29-20(22-15)24-19(28)23-17(25)13-6-4-5-7-14(13)21/h4-9,11H,2-3,10H2,1H3,(H2,22,23,24,25,28). The summed E-state index contributed by atoms with van der Waals surface area (Å²) < 4.78 is 6.04. The fraction of sp³-hybridized carbons (Fsp3) is 0.200. The Kier molecular flexibility index (Phi) is 7.13. The molecule has 0 spiro atoms. The van der Waals surface area contributed by atoms with Gasteiger partial charge in [-0.2, -0.15) is 0 Å². The Morgan fingerprint density at radius 1 is 1.24 bits per heavy atom. The van der Waals surface area contributed by atoms with E-state index in [1.165, 1.54) is 11.3 Å². The average molecular weight is 448 g/mol. The van der Waals surface area contributed by atoms with Crippen molar-refractivity contribution in [2.24, 2.45) is 0 Å². The Labute approximate surface area is 182 Å². The molecule has 0 radical (unpaired) electrons. The van der Waals surface area contributed by atoms with E-state index >= 15 is 0 Å². The van der Waals surface area contributed by atoms with Crippen molar-refractivity contribution in [1.82, 2.24) is 10.3 Å². The molecule has 150 valence electrons. The molecule has 3 rings (SSSR count). The molecule has 1 heterocycles. The molecular formula is C20H18ClN3O3S2. The number of amides is 1. The SMILES string of the molecule is CCCCOC(=O)c1ccc2nc(NC(=S)NC(=O)c3ccccc3Cl)sc2c1. The first kappa shape index (κ1) is 21.2. The summed E-state index contributed by atoms with van der Waals surface area (Å²) in [7, 11) is 0. The van der Waals surface area contributed by atoms with Crippen molar-refractivity contribution in [3.8, 4) is 0 Å². The fourth-order valence-electron chi connectivity index (χ4n) is 2.44. The number of unbranched alkanes of at least 4 members (excludes halogenated alkanes) is 1. The number of nitrogens with one attached hydrogen (secondary N) is 2. The van der Waals surface area contributed by atoms with Crippen LogP contribution in [0.5, 0.6) is 0 Å². The molecular weight excluding hydrogens is 430 g/mol. The third-order valence-electron chi connectivity index (χ3n) is 3.92. The van der Waals surface area contributed by atoms with Crippen molar-refractivity contribution < 1.29 is 14.3 Å². The van der Waals surface area contributed by atoms with E-state index in [4.69, 9.17) is 28.6 Å². The number of halogens is 1.